The molecule has 1 fully saturated rings. The number of likely N-dealkylation sites (tertiary alicyclic amines) is 1. The second-order valence-electron chi connectivity index (χ2n) is 7.82. The Morgan fingerprint density at radius 2 is 1.67 bits per heavy atom. The second kappa shape index (κ2) is 9.23. The minimum Gasteiger partial charge on any atom is -0.379 e. The molecule has 2 aromatic rings. The molecule has 27 heavy (non-hydrogen) atoms. The molecule has 144 valence electrons. The third kappa shape index (κ3) is 4.62. The van der Waals surface area contributed by atoms with Crippen LogP contribution >= 0.6 is 0 Å². The van der Waals surface area contributed by atoms with E-state index in [4.69, 9.17) is 4.98 Å². The molecule has 0 saturated carbocycles. The molecular weight excluding hydrogens is 332 g/mol. The Morgan fingerprint density at radius 3 is 2.56 bits per heavy atom. The molecule has 1 saturated heterocycles. The highest BCUT2D eigenvalue weighted by Crippen LogP contribution is 2.36. The molecule has 0 bridgehead atoms. The molecule has 1 aromatic heterocycles. The van der Waals surface area contributed by atoms with Crippen molar-refractivity contribution in [3.05, 3.63) is 48.2 Å². The van der Waals surface area contributed by atoms with Crippen molar-refractivity contribution >= 4 is 17.2 Å². The highest BCUT2D eigenvalue weighted by molar-refractivity contribution is 5.78. The molecule has 0 atom stereocenters. The zero-order valence-electron chi connectivity index (χ0n) is 16.4. The van der Waals surface area contributed by atoms with Gasteiger partial charge < -0.3 is 15.1 Å². The van der Waals surface area contributed by atoms with E-state index >= 15 is 0 Å². The third-order valence-corrected chi connectivity index (χ3v) is 5.84. The van der Waals surface area contributed by atoms with E-state index in [-0.39, 0.29) is 0 Å². The Kier molecular flexibility index (Phi) is 6.25. The number of hydrogen-bond donors (Lipinski definition) is 1. The summed E-state index contributed by atoms with van der Waals surface area (Å²) in [6, 6.07) is 12.8. The Balaban J connectivity index is 1.32. The number of fused-ring (bicyclic) bond motifs is 2. The Hall–Kier alpha value is -2.07. The van der Waals surface area contributed by atoms with Crippen LogP contribution in [0.4, 0.5) is 17.2 Å². The maximum Gasteiger partial charge on any atom is 0.137 e. The zero-order valence-corrected chi connectivity index (χ0v) is 16.4. The van der Waals surface area contributed by atoms with Crippen molar-refractivity contribution in [3.8, 4) is 0 Å². The fraction of sp³-hybridized carbons (Fsp3) is 0.522. The quantitative estimate of drug-likeness (QED) is 0.685. The highest BCUT2D eigenvalue weighted by atomic mass is 15.2. The molecule has 0 amide bonds. The van der Waals surface area contributed by atoms with Crippen LogP contribution < -0.4 is 10.2 Å². The number of para-hydroxylation sites is 2. The lowest BCUT2D eigenvalue weighted by Gasteiger charge is -2.26. The summed E-state index contributed by atoms with van der Waals surface area (Å²) in [5.41, 5.74) is 3.74. The summed E-state index contributed by atoms with van der Waals surface area (Å²) < 4.78 is 0. The van der Waals surface area contributed by atoms with E-state index in [0.29, 0.717) is 0 Å². The van der Waals surface area contributed by atoms with Gasteiger partial charge in [-0.1, -0.05) is 37.5 Å². The molecule has 4 heteroatoms. The number of benzene rings is 1. The van der Waals surface area contributed by atoms with Gasteiger partial charge in [0.15, 0.2) is 0 Å². The number of nitrogens with zero attached hydrogens (tertiary/aromatic N) is 3. The van der Waals surface area contributed by atoms with Crippen LogP contribution in [-0.4, -0.2) is 36.1 Å². The van der Waals surface area contributed by atoms with Crippen LogP contribution in [0.5, 0.6) is 0 Å². The summed E-state index contributed by atoms with van der Waals surface area (Å²) in [7, 11) is 0. The molecule has 0 radical (unpaired) electrons. The van der Waals surface area contributed by atoms with Gasteiger partial charge in [-0.25, -0.2) is 4.98 Å². The van der Waals surface area contributed by atoms with Crippen molar-refractivity contribution in [1.82, 2.24) is 9.88 Å². The van der Waals surface area contributed by atoms with Gasteiger partial charge in [-0.15, -0.1) is 0 Å². The lowest BCUT2D eigenvalue weighted by molar-refractivity contribution is 0.224. The first-order valence-corrected chi connectivity index (χ1v) is 10.7. The van der Waals surface area contributed by atoms with Crippen molar-refractivity contribution in [2.75, 3.05) is 36.4 Å². The smallest absolute Gasteiger partial charge is 0.137 e. The van der Waals surface area contributed by atoms with Gasteiger partial charge in [0.2, 0.25) is 0 Å². The van der Waals surface area contributed by atoms with E-state index in [0.717, 1.165) is 18.9 Å². The van der Waals surface area contributed by atoms with E-state index in [9.17, 15) is 0 Å². The van der Waals surface area contributed by atoms with Gasteiger partial charge in [-0.05, 0) is 63.5 Å². The minimum absolute atomic E-state index is 0.840. The summed E-state index contributed by atoms with van der Waals surface area (Å²) in [6.45, 7) is 5.81. The van der Waals surface area contributed by atoms with E-state index in [2.05, 4.69) is 45.4 Å². The van der Waals surface area contributed by atoms with Gasteiger partial charge in [0.05, 0.1) is 11.4 Å². The molecule has 0 unspecified atom stereocenters. The number of aromatic nitrogens is 1. The number of nitrogens with one attached hydrogen (secondary N) is 1. The van der Waals surface area contributed by atoms with Gasteiger partial charge >= 0.3 is 0 Å². The molecule has 0 spiro atoms. The third-order valence-electron chi connectivity index (χ3n) is 5.84. The Labute approximate surface area is 163 Å². The van der Waals surface area contributed by atoms with Crippen molar-refractivity contribution < 1.29 is 0 Å². The maximum absolute atomic E-state index is 4.72. The van der Waals surface area contributed by atoms with Gasteiger partial charge in [0.25, 0.3) is 0 Å². The molecule has 2 aliphatic rings. The van der Waals surface area contributed by atoms with Crippen LogP contribution in [0.25, 0.3) is 0 Å². The van der Waals surface area contributed by atoms with E-state index in [1.807, 2.05) is 12.3 Å². The van der Waals surface area contributed by atoms with E-state index < -0.39 is 0 Å². The maximum atomic E-state index is 4.72. The molecule has 2 aliphatic heterocycles. The number of pyridine rings is 1. The average molecular weight is 365 g/mol. The Bertz CT molecular complexity index is 676. The van der Waals surface area contributed by atoms with Crippen LogP contribution in [0.1, 0.15) is 50.5 Å². The minimum atomic E-state index is 0.840. The molecule has 3 heterocycles. The molecule has 4 rings (SSSR count). The van der Waals surface area contributed by atoms with Crippen LogP contribution in [0, 0.1) is 0 Å². The van der Waals surface area contributed by atoms with Crippen molar-refractivity contribution in [1.29, 1.82) is 0 Å². The first kappa shape index (κ1) is 18.3. The van der Waals surface area contributed by atoms with Gasteiger partial charge in [-0.2, -0.15) is 0 Å². The monoisotopic (exact) mass is 364 g/mol. The zero-order chi connectivity index (χ0) is 18.3. The molecule has 4 nitrogen and oxygen atoms in total. The lowest BCUT2D eigenvalue weighted by Crippen LogP contribution is -2.30. The largest absolute Gasteiger partial charge is 0.379 e. The van der Waals surface area contributed by atoms with Crippen molar-refractivity contribution in [3.63, 3.8) is 0 Å². The van der Waals surface area contributed by atoms with Gasteiger partial charge in [0.1, 0.15) is 5.82 Å². The number of unbranched alkanes of at least 4 members (excludes halogenated alkanes) is 3. The fourth-order valence-corrected chi connectivity index (χ4v) is 4.34. The average Bonchev–Trinajstić information content (AvgIpc) is 2.89. The number of anilines is 3. The Morgan fingerprint density at radius 1 is 0.852 bits per heavy atom. The van der Waals surface area contributed by atoms with Crippen molar-refractivity contribution in [2.24, 2.45) is 0 Å². The van der Waals surface area contributed by atoms with Crippen LogP contribution in [-0.2, 0) is 6.54 Å². The standard InChI is InChI=1S/C23H32N4/c1(6-15-26-16-7-3-8-17-26)2-9-18-27-22-13-5-4-12-21(22)25-19-20-11-10-14-24-23(20)27/h4-5,10-14,25H,1-3,6-9,15-19H2. The van der Waals surface area contributed by atoms with Gasteiger partial charge in [-0.3, -0.25) is 0 Å². The predicted molar refractivity (Wildman–Crippen MR) is 114 cm³/mol. The summed E-state index contributed by atoms with van der Waals surface area (Å²) >= 11 is 0. The SMILES string of the molecule is c1cnc2c(c1)CNc1ccccc1N2CCCCCCN1CCCCC1. The molecule has 1 N–H and O–H groups in total. The fourth-order valence-electron chi connectivity index (χ4n) is 4.34. The molecule has 0 aliphatic carbocycles. The van der Waals surface area contributed by atoms with E-state index in [1.165, 1.54) is 81.5 Å². The van der Waals surface area contributed by atoms with Crippen LogP contribution in [0.2, 0.25) is 0 Å². The summed E-state index contributed by atoms with van der Waals surface area (Å²) in [4.78, 5) is 9.78. The predicted octanol–water partition coefficient (Wildman–Crippen LogP) is 5.19. The highest BCUT2D eigenvalue weighted by Gasteiger charge is 2.20. The van der Waals surface area contributed by atoms with Crippen molar-refractivity contribution in [2.45, 2.75) is 51.5 Å². The van der Waals surface area contributed by atoms with Gasteiger partial charge in [0, 0.05) is 24.8 Å². The first-order chi connectivity index (χ1) is 13.4. The topological polar surface area (TPSA) is 31.4 Å². The number of piperidine rings is 1. The normalized spacial score (nSPS) is 17.0. The van der Waals surface area contributed by atoms with Crippen LogP contribution in [0.3, 0.4) is 0 Å². The summed E-state index contributed by atoms with van der Waals surface area (Å²) in [6.07, 6.45) is 11.3. The molecular formula is C23H32N4. The second-order valence-corrected chi connectivity index (χ2v) is 7.82. The number of rotatable bonds is 7. The van der Waals surface area contributed by atoms with E-state index in [1.54, 1.807) is 0 Å². The summed E-state index contributed by atoms with van der Waals surface area (Å²) in [5.74, 6) is 1.11. The van der Waals surface area contributed by atoms with Crippen LogP contribution in [0.15, 0.2) is 42.6 Å². The lowest BCUT2D eigenvalue weighted by atomic mass is 10.1. The first-order valence-electron chi connectivity index (χ1n) is 10.7. The number of hydrogen-bond acceptors (Lipinski definition) is 4. The molecule has 1 aromatic carbocycles. The summed E-state index contributed by atoms with van der Waals surface area (Å²) in [5, 5.41) is 3.57.